The normalized spacial score (nSPS) is 18.5. The molecule has 0 amide bonds. The average molecular weight is 509 g/mol. The summed E-state index contributed by atoms with van der Waals surface area (Å²) in [5.41, 5.74) is 7.46. The van der Waals surface area contributed by atoms with Gasteiger partial charge in [0.1, 0.15) is 12.9 Å². The molecule has 2 aromatic rings. The van der Waals surface area contributed by atoms with Crippen molar-refractivity contribution >= 4 is 12.3 Å². The molecule has 2 aliphatic rings. The highest BCUT2D eigenvalue weighted by molar-refractivity contribution is 5.93. The first-order valence-electron chi connectivity index (χ1n) is 13.4. The summed E-state index contributed by atoms with van der Waals surface area (Å²) in [4.78, 5) is 25.7. The number of nitrogens with zero attached hydrogens (tertiary/aromatic N) is 1. The van der Waals surface area contributed by atoms with E-state index in [1.165, 1.54) is 24.0 Å². The molecule has 2 atom stereocenters. The Balaban J connectivity index is 1.29. The van der Waals surface area contributed by atoms with Crippen molar-refractivity contribution in [2.75, 3.05) is 33.3 Å². The molecule has 1 fully saturated rings. The fourth-order valence-electron chi connectivity index (χ4n) is 5.79. The molecule has 7 heteroatoms. The number of aldehydes is 1. The van der Waals surface area contributed by atoms with Gasteiger partial charge in [0.2, 0.25) is 0 Å². The van der Waals surface area contributed by atoms with Crippen LogP contribution in [0, 0.1) is 13.8 Å². The predicted molar refractivity (Wildman–Crippen MR) is 143 cm³/mol. The zero-order chi connectivity index (χ0) is 26.4. The van der Waals surface area contributed by atoms with Gasteiger partial charge < -0.3 is 19.9 Å². The van der Waals surface area contributed by atoms with Gasteiger partial charge in [0.25, 0.3) is 0 Å². The predicted octanol–water partition coefficient (Wildman–Crippen LogP) is 4.04. The molecule has 2 aromatic carbocycles. The van der Waals surface area contributed by atoms with E-state index in [0.29, 0.717) is 36.8 Å². The minimum Gasteiger partial charge on any atom is -0.457 e. The van der Waals surface area contributed by atoms with Gasteiger partial charge in [-0.15, -0.1) is 0 Å². The molecular weight excluding hydrogens is 468 g/mol. The van der Waals surface area contributed by atoms with Crippen molar-refractivity contribution < 1.29 is 24.2 Å². The number of fused-ring (bicyclic) bond motifs is 1. The fraction of sp³-hybridized carbons (Fsp3) is 0.533. The molecule has 2 unspecified atom stereocenters. The summed E-state index contributed by atoms with van der Waals surface area (Å²) in [5.74, 6) is -0.214. The van der Waals surface area contributed by atoms with Crippen LogP contribution in [0.2, 0.25) is 0 Å². The van der Waals surface area contributed by atoms with E-state index >= 15 is 0 Å². The van der Waals surface area contributed by atoms with Crippen LogP contribution in [0.1, 0.15) is 85.9 Å². The number of carbonyl (C=O) groups excluding carboxylic acids is 2. The highest BCUT2D eigenvalue weighted by Crippen LogP contribution is 2.28. The molecule has 0 aliphatic carbocycles. The highest BCUT2D eigenvalue weighted by atomic mass is 16.5. The molecule has 0 saturated carbocycles. The van der Waals surface area contributed by atoms with E-state index in [-0.39, 0.29) is 5.97 Å². The van der Waals surface area contributed by atoms with Gasteiger partial charge in [-0.3, -0.25) is 9.69 Å². The third-order valence-corrected chi connectivity index (χ3v) is 8.12. The number of methoxy groups -OCH3 is 1. The second kappa shape index (κ2) is 12.8. The van der Waals surface area contributed by atoms with Crippen LogP contribution in [-0.4, -0.2) is 61.6 Å². The molecule has 1 saturated heterocycles. The number of aliphatic hydroxyl groups excluding tert-OH is 1. The number of piperidine rings is 1. The Morgan fingerprint density at radius 2 is 2.05 bits per heavy atom. The lowest BCUT2D eigenvalue weighted by atomic mass is 9.93. The molecule has 0 spiro atoms. The minimum absolute atomic E-state index is 0.214. The van der Waals surface area contributed by atoms with Gasteiger partial charge in [0.15, 0.2) is 0 Å². The number of aliphatic hydroxyl groups is 1. The Bertz CT molecular complexity index is 1120. The minimum atomic E-state index is -0.578. The standard InChI is InChI=1S/C30H40N2O5/c1-20-22(7-10-26-28(20)19-37-30(26)35)11-13-31-16-24-6-4-5-14-32(24)15-12-29(34)25-9-8-23(17-33)27(18-36-3)21(25)2/h7-10,17,24,29,31,34H,4-6,11-16,18-19H2,1-3H3. The Kier molecular flexibility index (Phi) is 9.49. The summed E-state index contributed by atoms with van der Waals surface area (Å²) in [6.45, 7) is 8.47. The summed E-state index contributed by atoms with van der Waals surface area (Å²) in [6.07, 6.45) is 5.42. The summed E-state index contributed by atoms with van der Waals surface area (Å²) in [6, 6.07) is 8.07. The molecule has 2 N–H and O–H groups in total. The van der Waals surface area contributed by atoms with Crippen molar-refractivity contribution in [3.8, 4) is 0 Å². The van der Waals surface area contributed by atoms with E-state index in [0.717, 1.165) is 67.6 Å². The topological polar surface area (TPSA) is 88.1 Å². The molecule has 2 heterocycles. The Morgan fingerprint density at radius 3 is 2.84 bits per heavy atom. The quantitative estimate of drug-likeness (QED) is 0.254. The summed E-state index contributed by atoms with van der Waals surface area (Å²) in [5, 5.41) is 14.7. The number of carbonyl (C=O) groups is 2. The van der Waals surface area contributed by atoms with Crippen molar-refractivity contribution in [2.24, 2.45) is 0 Å². The number of cyclic esters (lactones) is 1. The van der Waals surface area contributed by atoms with Crippen LogP contribution < -0.4 is 5.32 Å². The van der Waals surface area contributed by atoms with E-state index in [1.54, 1.807) is 13.2 Å². The van der Waals surface area contributed by atoms with Gasteiger partial charge in [-0.1, -0.05) is 24.6 Å². The van der Waals surface area contributed by atoms with Crippen LogP contribution in [0.15, 0.2) is 24.3 Å². The molecule has 37 heavy (non-hydrogen) atoms. The summed E-state index contributed by atoms with van der Waals surface area (Å²) in [7, 11) is 1.62. The molecule has 7 nitrogen and oxygen atoms in total. The monoisotopic (exact) mass is 508 g/mol. The fourth-order valence-corrected chi connectivity index (χ4v) is 5.79. The van der Waals surface area contributed by atoms with Gasteiger partial charge in [-0.25, -0.2) is 4.79 Å². The summed E-state index contributed by atoms with van der Waals surface area (Å²) >= 11 is 0. The molecule has 0 aromatic heterocycles. The van der Waals surface area contributed by atoms with E-state index in [2.05, 4.69) is 23.2 Å². The van der Waals surface area contributed by atoms with Gasteiger partial charge in [0.05, 0.1) is 18.3 Å². The largest absolute Gasteiger partial charge is 0.457 e. The SMILES string of the molecule is COCc1c(C=O)ccc(C(O)CCN2CCCCC2CNCCc2ccc3c(c2C)COC3=O)c1C. The van der Waals surface area contributed by atoms with Crippen molar-refractivity contribution in [3.05, 3.63) is 68.8 Å². The number of esters is 1. The summed E-state index contributed by atoms with van der Waals surface area (Å²) < 4.78 is 10.5. The van der Waals surface area contributed by atoms with E-state index in [9.17, 15) is 14.7 Å². The van der Waals surface area contributed by atoms with Crippen LogP contribution in [0.5, 0.6) is 0 Å². The number of hydrogen-bond donors (Lipinski definition) is 2. The first-order valence-corrected chi connectivity index (χ1v) is 13.4. The van der Waals surface area contributed by atoms with Crippen LogP contribution in [-0.2, 0) is 29.1 Å². The first-order chi connectivity index (χ1) is 17.9. The van der Waals surface area contributed by atoms with Crippen LogP contribution in [0.25, 0.3) is 0 Å². The lowest BCUT2D eigenvalue weighted by Gasteiger charge is -2.36. The van der Waals surface area contributed by atoms with Crippen molar-refractivity contribution in [2.45, 2.75) is 71.3 Å². The van der Waals surface area contributed by atoms with Gasteiger partial charge >= 0.3 is 5.97 Å². The first kappa shape index (κ1) is 27.5. The Morgan fingerprint density at radius 1 is 1.22 bits per heavy atom. The molecule has 2 aliphatic heterocycles. The maximum absolute atomic E-state index is 11.8. The van der Waals surface area contributed by atoms with E-state index in [1.807, 2.05) is 19.1 Å². The van der Waals surface area contributed by atoms with Crippen LogP contribution in [0.3, 0.4) is 0 Å². The number of nitrogens with one attached hydrogen (secondary N) is 1. The zero-order valence-electron chi connectivity index (χ0n) is 22.3. The number of benzene rings is 2. The van der Waals surface area contributed by atoms with Crippen molar-refractivity contribution in [1.29, 1.82) is 0 Å². The Labute approximate surface area is 220 Å². The van der Waals surface area contributed by atoms with Crippen molar-refractivity contribution in [1.82, 2.24) is 10.2 Å². The number of ether oxygens (including phenoxy) is 2. The lowest BCUT2D eigenvalue weighted by molar-refractivity contribution is 0.0534. The highest BCUT2D eigenvalue weighted by Gasteiger charge is 2.25. The zero-order valence-corrected chi connectivity index (χ0v) is 22.3. The maximum atomic E-state index is 11.8. The number of rotatable bonds is 12. The molecule has 0 bridgehead atoms. The van der Waals surface area contributed by atoms with Gasteiger partial charge in [-0.2, -0.15) is 0 Å². The van der Waals surface area contributed by atoms with E-state index in [4.69, 9.17) is 9.47 Å². The number of likely N-dealkylation sites (tertiary alicyclic amines) is 1. The molecule has 0 radical (unpaired) electrons. The maximum Gasteiger partial charge on any atom is 0.338 e. The third kappa shape index (κ3) is 6.29. The number of hydrogen-bond acceptors (Lipinski definition) is 7. The molecule has 200 valence electrons. The smallest absolute Gasteiger partial charge is 0.338 e. The average Bonchev–Trinajstić information content (AvgIpc) is 3.29. The molecular formula is C30H40N2O5. The third-order valence-electron chi connectivity index (χ3n) is 8.12. The van der Waals surface area contributed by atoms with Gasteiger partial charge in [0, 0.05) is 37.4 Å². The second-order valence-electron chi connectivity index (χ2n) is 10.3. The van der Waals surface area contributed by atoms with Crippen LogP contribution in [0.4, 0.5) is 0 Å². The van der Waals surface area contributed by atoms with Crippen molar-refractivity contribution in [3.63, 3.8) is 0 Å². The lowest BCUT2D eigenvalue weighted by Crippen LogP contribution is -2.46. The van der Waals surface area contributed by atoms with Crippen LogP contribution >= 0.6 is 0 Å². The Hall–Kier alpha value is -2.58. The van der Waals surface area contributed by atoms with Gasteiger partial charge in [-0.05, 0) is 86.5 Å². The second-order valence-corrected chi connectivity index (χ2v) is 10.3. The van der Waals surface area contributed by atoms with E-state index < -0.39 is 6.10 Å². The molecule has 4 rings (SSSR count).